The molecule has 62 valence electrons. The lowest BCUT2D eigenvalue weighted by molar-refractivity contribution is 0.161. The van der Waals surface area contributed by atoms with Gasteiger partial charge in [-0.1, -0.05) is 0 Å². The molecule has 2 nitrogen and oxygen atoms in total. The highest BCUT2D eigenvalue weighted by Crippen LogP contribution is 2.16. The van der Waals surface area contributed by atoms with E-state index >= 15 is 0 Å². The maximum Gasteiger partial charge on any atom is 0.0586 e. The Morgan fingerprint density at radius 2 is 2.45 bits per heavy atom. The lowest BCUT2D eigenvalue weighted by Crippen LogP contribution is -2.32. The maximum absolute atomic E-state index is 8.94. The van der Waals surface area contributed by atoms with Crippen molar-refractivity contribution in [1.29, 1.82) is 0 Å². The van der Waals surface area contributed by atoms with Crippen LogP contribution in [0.3, 0.4) is 0 Å². The number of hydrogen-bond donors (Lipinski definition) is 1. The Balaban J connectivity index is 2.27. The molecule has 1 N–H and O–H groups in total. The molecule has 1 aliphatic rings. The summed E-state index contributed by atoms with van der Waals surface area (Å²) >= 11 is 0. The third-order valence-electron chi connectivity index (χ3n) is 2.25. The van der Waals surface area contributed by atoms with E-state index in [-0.39, 0.29) is 6.61 Å². The van der Waals surface area contributed by atoms with Crippen molar-refractivity contribution in [3.8, 4) is 12.3 Å². The van der Waals surface area contributed by atoms with E-state index in [1.165, 1.54) is 6.42 Å². The fraction of sp³-hybridized carbons (Fsp3) is 0.778. The smallest absolute Gasteiger partial charge is 0.0586 e. The molecule has 1 fully saturated rings. The number of aliphatic hydroxyl groups excluding tert-OH is 1. The zero-order chi connectivity index (χ0) is 8.10. The summed E-state index contributed by atoms with van der Waals surface area (Å²) in [6.07, 6.45) is 8.29. The standard InChI is InChI=1S/C9H15NO/c1-2-3-6-10-7-4-5-9(10)8-11/h1,9,11H,3-8H2/t9-/m0/s1. The number of nitrogens with zero attached hydrogens (tertiary/aromatic N) is 1. The van der Waals surface area contributed by atoms with Crippen molar-refractivity contribution in [3.63, 3.8) is 0 Å². The predicted molar refractivity (Wildman–Crippen MR) is 45.1 cm³/mol. The Bertz CT molecular complexity index is 150. The first kappa shape index (κ1) is 8.58. The second-order valence-corrected chi connectivity index (χ2v) is 2.97. The number of hydrogen-bond acceptors (Lipinski definition) is 2. The van der Waals surface area contributed by atoms with Gasteiger partial charge in [0.05, 0.1) is 6.61 Å². The van der Waals surface area contributed by atoms with Crippen molar-refractivity contribution in [2.45, 2.75) is 25.3 Å². The van der Waals surface area contributed by atoms with Gasteiger partial charge in [-0.15, -0.1) is 12.3 Å². The van der Waals surface area contributed by atoms with E-state index in [2.05, 4.69) is 10.8 Å². The van der Waals surface area contributed by atoms with Crippen LogP contribution in [-0.4, -0.2) is 35.7 Å². The van der Waals surface area contributed by atoms with E-state index in [1.807, 2.05) is 0 Å². The van der Waals surface area contributed by atoms with Gasteiger partial charge in [-0.3, -0.25) is 4.90 Å². The molecule has 0 amide bonds. The summed E-state index contributed by atoms with van der Waals surface area (Å²) in [6, 6.07) is 0.378. The molecule has 0 aromatic heterocycles. The monoisotopic (exact) mass is 153 g/mol. The zero-order valence-corrected chi connectivity index (χ0v) is 6.79. The summed E-state index contributed by atoms with van der Waals surface area (Å²) < 4.78 is 0. The van der Waals surface area contributed by atoms with Gasteiger partial charge in [-0.2, -0.15) is 0 Å². The summed E-state index contributed by atoms with van der Waals surface area (Å²) in [6.45, 7) is 2.33. The SMILES string of the molecule is C#CCCN1CCC[C@H]1CO. The molecule has 0 bridgehead atoms. The predicted octanol–water partition coefficient (Wildman–Crippen LogP) is 0.466. The van der Waals surface area contributed by atoms with E-state index in [0.29, 0.717) is 6.04 Å². The second-order valence-electron chi connectivity index (χ2n) is 2.97. The van der Waals surface area contributed by atoms with E-state index in [9.17, 15) is 0 Å². The number of likely N-dealkylation sites (tertiary alicyclic amines) is 1. The van der Waals surface area contributed by atoms with Gasteiger partial charge in [0.1, 0.15) is 0 Å². The van der Waals surface area contributed by atoms with Crippen LogP contribution in [0.5, 0.6) is 0 Å². The molecule has 0 aromatic carbocycles. The first-order valence-electron chi connectivity index (χ1n) is 4.17. The van der Waals surface area contributed by atoms with Crippen molar-refractivity contribution in [2.24, 2.45) is 0 Å². The van der Waals surface area contributed by atoms with Crippen LogP contribution in [0.25, 0.3) is 0 Å². The van der Waals surface area contributed by atoms with Gasteiger partial charge >= 0.3 is 0 Å². The minimum Gasteiger partial charge on any atom is -0.395 e. The van der Waals surface area contributed by atoms with Gasteiger partial charge in [-0.05, 0) is 19.4 Å². The third kappa shape index (κ3) is 2.21. The minimum absolute atomic E-state index is 0.282. The Morgan fingerprint density at radius 3 is 3.09 bits per heavy atom. The van der Waals surface area contributed by atoms with Crippen molar-refractivity contribution in [3.05, 3.63) is 0 Å². The van der Waals surface area contributed by atoms with Gasteiger partial charge < -0.3 is 5.11 Å². The highest BCUT2D eigenvalue weighted by Gasteiger charge is 2.22. The number of terminal acetylenes is 1. The summed E-state index contributed by atoms with van der Waals surface area (Å²) in [7, 11) is 0. The van der Waals surface area contributed by atoms with Gasteiger partial charge in [0.2, 0.25) is 0 Å². The van der Waals surface area contributed by atoms with Crippen molar-refractivity contribution >= 4 is 0 Å². The van der Waals surface area contributed by atoms with Gasteiger partial charge in [0.15, 0.2) is 0 Å². The summed E-state index contributed by atoms with van der Waals surface area (Å²) in [5.41, 5.74) is 0. The largest absolute Gasteiger partial charge is 0.395 e. The topological polar surface area (TPSA) is 23.5 Å². The molecule has 0 unspecified atom stereocenters. The van der Waals surface area contributed by atoms with Crippen LogP contribution < -0.4 is 0 Å². The average Bonchev–Trinajstić information content (AvgIpc) is 2.47. The van der Waals surface area contributed by atoms with Crippen LogP contribution in [0.15, 0.2) is 0 Å². The molecular formula is C9H15NO. The second kappa shape index (κ2) is 4.38. The van der Waals surface area contributed by atoms with E-state index < -0.39 is 0 Å². The molecule has 0 radical (unpaired) electrons. The molecule has 0 aromatic rings. The molecule has 1 heterocycles. The van der Waals surface area contributed by atoms with Gasteiger partial charge in [0, 0.05) is 19.0 Å². The first-order valence-corrected chi connectivity index (χ1v) is 4.17. The molecule has 1 saturated heterocycles. The average molecular weight is 153 g/mol. The van der Waals surface area contributed by atoms with Crippen LogP contribution in [0, 0.1) is 12.3 Å². The molecule has 1 aliphatic heterocycles. The van der Waals surface area contributed by atoms with Gasteiger partial charge in [0.25, 0.3) is 0 Å². The van der Waals surface area contributed by atoms with Crippen LogP contribution in [-0.2, 0) is 0 Å². The molecule has 2 heteroatoms. The highest BCUT2D eigenvalue weighted by atomic mass is 16.3. The molecule has 1 atom stereocenters. The fourth-order valence-corrected chi connectivity index (χ4v) is 1.60. The van der Waals surface area contributed by atoms with E-state index in [1.54, 1.807) is 0 Å². The normalized spacial score (nSPS) is 25.3. The first-order chi connectivity index (χ1) is 5.38. The lowest BCUT2D eigenvalue weighted by atomic mass is 10.2. The lowest BCUT2D eigenvalue weighted by Gasteiger charge is -2.20. The fourth-order valence-electron chi connectivity index (χ4n) is 1.60. The van der Waals surface area contributed by atoms with Crippen LogP contribution in [0.4, 0.5) is 0 Å². The Hall–Kier alpha value is -0.520. The molecular weight excluding hydrogens is 138 g/mol. The zero-order valence-electron chi connectivity index (χ0n) is 6.79. The van der Waals surface area contributed by atoms with Crippen LogP contribution in [0.2, 0.25) is 0 Å². The van der Waals surface area contributed by atoms with Crippen LogP contribution in [0.1, 0.15) is 19.3 Å². The minimum atomic E-state index is 0.282. The Morgan fingerprint density at radius 1 is 1.64 bits per heavy atom. The molecule has 0 saturated carbocycles. The van der Waals surface area contributed by atoms with Gasteiger partial charge in [-0.25, -0.2) is 0 Å². The quantitative estimate of drug-likeness (QED) is 0.596. The molecule has 11 heavy (non-hydrogen) atoms. The third-order valence-corrected chi connectivity index (χ3v) is 2.25. The Labute approximate surface area is 68.2 Å². The van der Waals surface area contributed by atoms with E-state index in [0.717, 1.165) is 25.9 Å². The molecule has 1 rings (SSSR count). The van der Waals surface area contributed by atoms with Crippen LogP contribution >= 0.6 is 0 Å². The molecule has 0 spiro atoms. The highest BCUT2D eigenvalue weighted by molar-refractivity contribution is 4.87. The van der Waals surface area contributed by atoms with Crippen molar-refractivity contribution in [1.82, 2.24) is 4.90 Å². The summed E-state index contributed by atoms with van der Waals surface area (Å²) in [4.78, 5) is 2.28. The molecule has 0 aliphatic carbocycles. The summed E-state index contributed by atoms with van der Waals surface area (Å²) in [5.74, 6) is 2.62. The van der Waals surface area contributed by atoms with E-state index in [4.69, 9.17) is 11.5 Å². The van der Waals surface area contributed by atoms with Crippen molar-refractivity contribution in [2.75, 3.05) is 19.7 Å². The number of aliphatic hydroxyl groups is 1. The van der Waals surface area contributed by atoms with Crippen molar-refractivity contribution < 1.29 is 5.11 Å². The maximum atomic E-state index is 8.94. The Kier molecular flexibility index (Phi) is 3.41. The number of rotatable bonds is 3. The summed E-state index contributed by atoms with van der Waals surface area (Å²) in [5, 5.41) is 8.94.